The Labute approximate surface area is 149 Å². The first-order chi connectivity index (χ1) is 12.1. The van der Waals surface area contributed by atoms with Gasteiger partial charge in [0.2, 0.25) is 10.0 Å². The number of carbonyl (C=O) groups is 1. The van der Waals surface area contributed by atoms with E-state index in [0.717, 1.165) is 18.9 Å². The molecule has 1 saturated heterocycles. The molecular weight excluding hydrogens is 371 g/mol. The number of halogens is 3. The van der Waals surface area contributed by atoms with Crippen LogP contribution in [-0.4, -0.2) is 49.6 Å². The maximum absolute atomic E-state index is 13.1. The van der Waals surface area contributed by atoms with Gasteiger partial charge in [-0.1, -0.05) is 0 Å². The molecule has 10 heteroatoms. The lowest BCUT2D eigenvalue weighted by Crippen LogP contribution is -2.42. The third-order valence-corrected chi connectivity index (χ3v) is 6.18. The summed E-state index contributed by atoms with van der Waals surface area (Å²) < 4.78 is 65.2. The highest BCUT2D eigenvalue weighted by Crippen LogP contribution is 2.41. The summed E-state index contributed by atoms with van der Waals surface area (Å²) >= 11 is 0. The lowest BCUT2D eigenvalue weighted by Gasteiger charge is -2.25. The summed E-state index contributed by atoms with van der Waals surface area (Å²) in [5.74, 6) is -0.876. The Bertz CT molecular complexity index is 807. The molecule has 0 aromatic carbocycles. The zero-order valence-electron chi connectivity index (χ0n) is 14.2. The van der Waals surface area contributed by atoms with Crippen molar-refractivity contribution in [3.63, 3.8) is 0 Å². The lowest BCUT2D eigenvalue weighted by atomic mass is 10.1. The molecule has 26 heavy (non-hydrogen) atoms. The van der Waals surface area contributed by atoms with Crippen LogP contribution in [0.4, 0.5) is 13.2 Å². The van der Waals surface area contributed by atoms with Crippen molar-refractivity contribution in [3.8, 4) is 0 Å². The summed E-state index contributed by atoms with van der Waals surface area (Å²) in [6.45, 7) is 0.325. The van der Waals surface area contributed by atoms with Gasteiger partial charge in [-0.2, -0.15) is 13.2 Å². The summed E-state index contributed by atoms with van der Waals surface area (Å²) in [4.78, 5) is 17.8. The van der Waals surface area contributed by atoms with Crippen molar-refractivity contribution in [3.05, 3.63) is 29.1 Å². The largest absolute Gasteiger partial charge is 0.433 e. The van der Waals surface area contributed by atoms with E-state index in [1.807, 2.05) is 0 Å². The number of rotatable bonds is 5. The van der Waals surface area contributed by atoms with Crippen LogP contribution in [0.2, 0.25) is 0 Å². The van der Waals surface area contributed by atoms with E-state index in [4.69, 9.17) is 0 Å². The quantitative estimate of drug-likeness (QED) is 0.834. The first kappa shape index (κ1) is 19.1. The van der Waals surface area contributed by atoms with Gasteiger partial charge in [-0.3, -0.25) is 4.79 Å². The van der Waals surface area contributed by atoms with E-state index in [2.05, 4.69) is 9.71 Å². The number of sulfonamides is 1. The molecule has 1 aromatic heterocycles. The molecule has 1 amide bonds. The van der Waals surface area contributed by atoms with E-state index < -0.39 is 33.8 Å². The highest BCUT2D eigenvalue weighted by molar-refractivity contribution is 7.89. The van der Waals surface area contributed by atoms with E-state index in [9.17, 15) is 26.4 Å². The summed E-state index contributed by atoms with van der Waals surface area (Å²) in [7, 11) is -2.24. The number of alkyl halides is 3. The van der Waals surface area contributed by atoms with E-state index in [0.29, 0.717) is 19.4 Å². The standard InChI is InChI=1S/C16H20F3N3O3S/c1-20-26(24,25)9-12-3-2-6-22(12)15(23)11-7-13(10-4-5-10)21-14(8-11)16(17,18)19/h7-8,10,12,20H,2-6,9H2,1H3. The van der Waals surface area contributed by atoms with Gasteiger partial charge < -0.3 is 4.90 Å². The fourth-order valence-corrected chi connectivity index (χ4v) is 4.21. The zero-order valence-corrected chi connectivity index (χ0v) is 15.0. The van der Waals surface area contributed by atoms with Crippen LogP contribution < -0.4 is 4.72 Å². The Hall–Kier alpha value is -1.68. The monoisotopic (exact) mass is 391 g/mol. The molecule has 1 saturated carbocycles. The van der Waals surface area contributed by atoms with Crippen molar-refractivity contribution >= 4 is 15.9 Å². The molecule has 2 heterocycles. The van der Waals surface area contributed by atoms with Gasteiger partial charge in [0.05, 0.1) is 5.75 Å². The van der Waals surface area contributed by atoms with Crippen molar-refractivity contribution in [1.29, 1.82) is 0 Å². The zero-order chi connectivity index (χ0) is 19.1. The van der Waals surface area contributed by atoms with Gasteiger partial charge in [0.25, 0.3) is 5.91 Å². The number of hydrogen-bond donors (Lipinski definition) is 1. The second kappa shape index (κ2) is 6.80. The Balaban J connectivity index is 1.90. The molecule has 1 aromatic rings. The molecule has 2 aliphatic rings. The molecule has 1 atom stereocenters. The smallest absolute Gasteiger partial charge is 0.335 e. The van der Waals surface area contributed by atoms with Crippen LogP contribution in [0.25, 0.3) is 0 Å². The Morgan fingerprint density at radius 2 is 2.00 bits per heavy atom. The van der Waals surface area contributed by atoms with Gasteiger partial charge in [0.1, 0.15) is 5.69 Å². The highest BCUT2D eigenvalue weighted by Gasteiger charge is 2.38. The molecule has 0 bridgehead atoms. The Morgan fingerprint density at radius 1 is 1.31 bits per heavy atom. The Kier molecular flexibility index (Phi) is 5.00. The van der Waals surface area contributed by atoms with Gasteiger partial charge in [-0.15, -0.1) is 0 Å². The second-order valence-electron chi connectivity index (χ2n) is 6.72. The molecule has 1 N–H and O–H groups in total. The number of carbonyl (C=O) groups excluding carboxylic acids is 1. The van der Waals surface area contributed by atoms with Crippen molar-refractivity contribution in [2.24, 2.45) is 0 Å². The summed E-state index contributed by atoms with van der Waals surface area (Å²) in [5, 5.41) is 0. The minimum absolute atomic E-state index is 0.0390. The summed E-state index contributed by atoms with van der Waals surface area (Å²) in [6.07, 6.45) is -2.01. The van der Waals surface area contributed by atoms with Crippen molar-refractivity contribution < 1.29 is 26.4 Å². The highest BCUT2D eigenvalue weighted by atomic mass is 32.2. The predicted octanol–water partition coefficient (Wildman–Crippen LogP) is 2.13. The SMILES string of the molecule is CNS(=O)(=O)CC1CCCN1C(=O)c1cc(C2CC2)nc(C(F)(F)F)c1. The van der Waals surface area contributed by atoms with E-state index in [1.54, 1.807) is 0 Å². The van der Waals surface area contributed by atoms with Crippen LogP contribution in [-0.2, 0) is 16.2 Å². The molecule has 1 unspecified atom stereocenters. The molecule has 1 aliphatic heterocycles. The van der Waals surface area contributed by atoms with Crippen molar-refractivity contribution in [1.82, 2.24) is 14.6 Å². The molecule has 3 rings (SSSR count). The Morgan fingerprint density at radius 3 is 2.58 bits per heavy atom. The number of amides is 1. The number of hydrogen-bond acceptors (Lipinski definition) is 4. The minimum atomic E-state index is -4.64. The average Bonchev–Trinajstić information content (AvgIpc) is 3.33. The maximum Gasteiger partial charge on any atom is 0.433 e. The first-order valence-electron chi connectivity index (χ1n) is 8.42. The van der Waals surface area contributed by atoms with Crippen LogP contribution >= 0.6 is 0 Å². The van der Waals surface area contributed by atoms with Gasteiger partial charge in [0.15, 0.2) is 0 Å². The number of nitrogens with one attached hydrogen (secondary N) is 1. The van der Waals surface area contributed by atoms with Crippen LogP contribution in [0.1, 0.15) is 53.3 Å². The number of pyridine rings is 1. The maximum atomic E-state index is 13.1. The topological polar surface area (TPSA) is 79.4 Å². The molecule has 144 valence electrons. The van der Waals surface area contributed by atoms with Crippen LogP contribution in [0.5, 0.6) is 0 Å². The van der Waals surface area contributed by atoms with Crippen molar-refractivity contribution in [2.75, 3.05) is 19.3 Å². The number of nitrogens with zero attached hydrogens (tertiary/aromatic N) is 2. The fourth-order valence-electron chi connectivity index (χ4n) is 3.19. The number of likely N-dealkylation sites (tertiary alicyclic amines) is 1. The van der Waals surface area contributed by atoms with Gasteiger partial charge >= 0.3 is 6.18 Å². The third kappa shape index (κ3) is 4.17. The first-order valence-corrected chi connectivity index (χ1v) is 10.1. The van der Waals surface area contributed by atoms with Gasteiger partial charge in [-0.25, -0.2) is 18.1 Å². The molecular formula is C16H20F3N3O3S. The fraction of sp³-hybridized carbons (Fsp3) is 0.625. The van der Waals surface area contributed by atoms with E-state index >= 15 is 0 Å². The van der Waals surface area contributed by atoms with E-state index in [-0.39, 0.29) is 22.9 Å². The van der Waals surface area contributed by atoms with Gasteiger partial charge in [0, 0.05) is 29.8 Å². The predicted molar refractivity (Wildman–Crippen MR) is 88.1 cm³/mol. The van der Waals surface area contributed by atoms with Crippen LogP contribution in [0.15, 0.2) is 12.1 Å². The second-order valence-corrected chi connectivity index (χ2v) is 8.69. The minimum Gasteiger partial charge on any atom is -0.335 e. The average molecular weight is 391 g/mol. The molecule has 2 fully saturated rings. The number of aromatic nitrogens is 1. The van der Waals surface area contributed by atoms with E-state index in [1.165, 1.54) is 18.0 Å². The van der Waals surface area contributed by atoms with Gasteiger partial charge in [-0.05, 0) is 44.9 Å². The molecule has 1 aliphatic carbocycles. The summed E-state index contributed by atoms with van der Waals surface area (Å²) in [5.41, 5.74) is -0.881. The van der Waals surface area contributed by atoms with Crippen LogP contribution in [0.3, 0.4) is 0 Å². The third-order valence-electron chi connectivity index (χ3n) is 4.74. The normalized spacial score (nSPS) is 21.2. The van der Waals surface area contributed by atoms with Crippen molar-refractivity contribution in [2.45, 2.75) is 43.8 Å². The molecule has 0 spiro atoms. The lowest BCUT2D eigenvalue weighted by molar-refractivity contribution is -0.141. The molecule has 0 radical (unpaired) electrons. The summed E-state index contributed by atoms with van der Waals surface area (Å²) in [6, 6.07) is 1.62. The molecule has 6 nitrogen and oxygen atoms in total. The van der Waals surface area contributed by atoms with Crippen LogP contribution in [0, 0.1) is 0 Å².